The van der Waals surface area contributed by atoms with Crippen LogP contribution in [0, 0.1) is 0 Å². The molecule has 4 nitrogen and oxygen atoms in total. The first-order chi connectivity index (χ1) is 13.0. The highest BCUT2D eigenvalue weighted by molar-refractivity contribution is 6.33. The molecule has 0 aliphatic carbocycles. The van der Waals surface area contributed by atoms with Gasteiger partial charge in [0, 0.05) is 11.6 Å². The van der Waals surface area contributed by atoms with Crippen molar-refractivity contribution in [1.29, 1.82) is 0 Å². The highest BCUT2D eigenvalue weighted by atomic mass is 35.5. The van der Waals surface area contributed by atoms with Gasteiger partial charge in [-0.25, -0.2) is 4.79 Å². The van der Waals surface area contributed by atoms with Crippen LogP contribution in [-0.4, -0.2) is 17.1 Å². The molecule has 2 aromatic carbocycles. The molecule has 0 amide bonds. The number of aromatic carboxylic acids is 1. The molecule has 5 heteroatoms. The average molecular weight is 384 g/mol. The zero-order valence-corrected chi connectivity index (χ0v) is 15.9. The van der Waals surface area contributed by atoms with Crippen LogP contribution >= 0.6 is 11.6 Å². The predicted molar refractivity (Wildman–Crippen MR) is 107 cm³/mol. The fourth-order valence-electron chi connectivity index (χ4n) is 2.87. The Hall–Kier alpha value is -2.56. The Morgan fingerprint density at radius 3 is 2.67 bits per heavy atom. The molecular formula is C22H22ClNO3. The number of carboxylic acid groups (broad SMARTS) is 1. The SMILES string of the molecule is CC(CCc1ccccc1)NCc1ccc(-c2cc(C(=O)O)ccc2Cl)o1. The highest BCUT2D eigenvalue weighted by Crippen LogP contribution is 2.30. The van der Waals surface area contributed by atoms with Crippen LogP contribution in [0.25, 0.3) is 11.3 Å². The molecule has 0 aliphatic heterocycles. The van der Waals surface area contributed by atoms with Crippen molar-refractivity contribution in [2.75, 3.05) is 0 Å². The predicted octanol–water partition coefficient (Wildman–Crippen LogP) is 5.41. The van der Waals surface area contributed by atoms with E-state index in [0.717, 1.165) is 18.6 Å². The second-order valence-corrected chi connectivity index (χ2v) is 6.98. The van der Waals surface area contributed by atoms with Crippen molar-refractivity contribution in [3.63, 3.8) is 0 Å². The summed E-state index contributed by atoms with van der Waals surface area (Å²) >= 11 is 6.20. The number of hydrogen-bond acceptors (Lipinski definition) is 3. The van der Waals surface area contributed by atoms with Gasteiger partial charge < -0.3 is 14.8 Å². The van der Waals surface area contributed by atoms with Crippen molar-refractivity contribution in [1.82, 2.24) is 5.32 Å². The molecule has 1 unspecified atom stereocenters. The molecule has 140 valence electrons. The first kappa shape index (κ1) is 19.2. The zero-order chi connectivity index (χ0) is 19.2. The van der Waals surface area contributed by atoms with E-state index >= 15 is 0 Å². The third-order valence-electron chi connectivity index (χ3n) is 4.47. The lowest BCUT2D eigenvalue weighted by Crippen LogP contribution is -2.25. The molecule has 0 spiro atoms. The maximum atomic E-state index is 11.2. The van der Waals surface area contributed by atoms with Crippen LogP contribution in [0.1, 0.15) is 35.0 Å². The molecule has 0 radical (unpaired) electrons. The number of hydrogen-bond donors (Lipinski definition) is 2. The second-order valence-electron chi connectivity index (χ2n) is 6.57. The summed E-state index contributed by atoms with van der Waals surface area (Å²) in [4.78, 5) is 11.2. The Balaban J connectivity index is 1.58. The van der Waals surface area contributed by atoms with E-state index in [4.69, 9.17) is 21.1 Å². The van der Waals surface area contributed by atoms with E-state index in [2.05, 4.69) is 36.5 Å². The van der Waals surface area contributed by atoms with Gasteiger partial charge in [-0.2, -0.15) is 0 Å². The lowest BCUT2D eigenvalue weighted by Gasteiger charge is -2.12. The van der Waals surface area contributed by atoms with E-state index in [1.807, 2.05) is 18.2 Å². The Labute approximate surface area is 163 Å². The molecule has 3 rings (SSSR count). The summed E-state index contributed by atoms with van der Waals surface area (Å²) in [6.45, 7) is 2.76. The topological polar surface area (TPSA) is 62.5 Å². The van der Waals surface area contributed by atoms with Crippen molar-refractivity contribution >= 4 is 17.6 Å². The van der Waals surface area contributed by atoms with Crippen molar-refractivity contribution < 1.29 is 14.3 Å². The largest absolute Gasteiger partial charge is 0.478 e. The van der Waals surface area contributed by atoms with Gasteiger partial charge in [0.2, 0.25) is 0 Å². The summed E-state index contributed by atoms with van der Waals surface area (Å²) in [5.74, 6) is 0.360. The van der Waals surface area contributed by atoms with Crippen LogP contribution in [0.4, 0.5) is 0 Å². The van der Waals surface area contributed by atoms with Crippen LogP contribution in [0.3, 0.4) is 0 Å². The lowest BCUT2D eigenvalue weighted by molar-refractivity contribution is 0.0697. The van der Waals surface area contributed by atoms with E-state index < -0.39 is 5.97 Å². The van der Waals surface area contributed by atoms with Gasteiger partial charge in [0.1, 0.15) is 11.5 Å². The summed E-state index contributed by atoms with van der Waals surface area (Å²) in [5.41, 5.74) is 2.10. The maximum absolute atomic E-state index is 11.2. The Morgan fingerprint density at radius 2 is 1.93 bits per heavy atom. The quantitative estimate of drug-likeness (QED) is 0.546. The van der Waals surface area contributed by atoms with E-state index in [-0.39, 0.29) is 5.56 Å². The molecule has 0 bridgehead atoms. The third kappa shape index (κ3) is 5.22. The molecule has 1 atom stereocenters. The fraction of sp³-hybridized carbons (Fsp3) is 0.227. The summed E-state index contributed by atoms with van der Waals surface area (Å²) in [6, 6.07) is 19.1. The smallest absolute Gasteiger partial charge is 0.335 e. The molecule has 27 heavy (non-hydrogen) atoms. The summed E-state index contributed by atoms with van der Waals surface area (Å²) in [7, 11) is 0. The molecule has 0 saturated carbocycles. The molecule has 1 aromatic heterocycles. The van der Waals surface area contributed by atoms with Gasteiger partial charge in [-0.3, -0.25) is 0 Å². The van der Waals surface area contributed by atoms with E-state index in [1.165, 1.54) is 17.7 Å². The van der Waals surface area contributed by atoms with Gasteiger partial charge in [-0.15, -0.1) is 0 Å². The number of furan rings is 1. The normalized spacial score (nSPS) is 12.1. The summed E-state index contributed by atoms with van der Waals surface area (Å²) in [6.07, 6.45) is 2.06. The lowest BCUT2D eigenvalue weighted by atomic mass is 10.1. The fourth-order valence-corrected chi connectivity index (χ4v) is 3.08. The van der Waals surface area contributed by atoms with E-state index in [1.54, 1.807) is 6.07 Å². The number of rotatable bonds is 8. The van der Waals surface area contributed by atoms with Gasteiger partial charge in [-0.1, -0.05) is 41.9 Å². The standard InChI is InChI=1S/C22H22ClNO3/c1-15(7-8-16-5-3-2-4-6-16)24-14-18-10-12-21(27-18)19-13-17(22(25)26)9-11-20(19)23/h2-6,9-13,15,24H,7-8,14H2,1H3,(H,25,26). The average Bonchev–Trinajstić information content (AvgIpc) is 3.14. The molecule has 0 saturated heterocycles. The van der Waals surface area contributed by atoms with Crippen molar-refractivity contribution in [3.05, 3.63) is 82.6 Å². The molecule has 0 aliphatic rings. The number of halogens is 1. The number of aryl methyl sites for hydroxylation is 1. The van der Waals surface area contributed by atoms with Gasteiger partial charge in [-0.05, 0) is 55.7 Å². The monoisotopic (exact) mass is 383 g/mol. The van der Waals surface area contributed by atoms with Crippen molar-refractivity contribution in [2.24, 2.45) is 0 Å². The first-order valence-electron chi connectivity index (χ1n) is 8.92. The number of carbonyl (C=O) groups is 1. The molecule has 2 N–H and O–H groups in total. The van der Waals surface area contributed by atoms with E-state index in [9.17, 15) is 4.79 Å². The zero-order valence-electron chi connectivity index (χ0n) is 15.1. The van der Waals surface area contributed by atoms with Crippen molar-refractivity contribution in [3.8, 4) is 11.3 Å². The number of nitrogens with one attached hydrogen (secondary N) is 1. The molecular weight excluding hydrogens is 362 g/mol. The number of carboxylic acids is 1. The molecule has 3 aromatic rings. The van der Waals surface area contributed by atoms with Crippen LogP contribution in [0.2, 0.25) is 5.02 Å². The minimum atomic E-state index is -0.992. The maximum Gasteiger partial charge on any atom is 0.335 e. The first-order valence-corrected chi connectivity index (χ1v) is 9.30. The van der Waals surface area contributed by atoms with E-state index in [0.29, 0.717) is 28.9 Å². The van der Waals surface area contributed by atoms with Gasteiger partial charge in [0.05, 0.1) is 17.1 Å². The van der Waals surface area contributed by atoms with Crippen LogP contribution < -0.4 is 5.32 Å². The van der Waals surface area contributed by atoms with Gasteiger partial charge in [0.15, 0.2) is 0 Å². The second kappa shape index (κ2) is 8.89. The van der Waals surface area contributed by atoms with Gasteiger partial charge >= 0.3 is 5.97 Å². The molecule has 1 heterocycles. The van der Waals surface area contributed by atoms with Crippen molar-refractivity contribution in [2.45, 2.75) is 32.4 Å². The summed E-state index contributed by atoms with van der Waals surface area (Å²) < 4.78 is 5.86. The minimum absolute atomic E-state index is 0.181. The van der Waals surface area contributed by atoms with Gasteiger partial charge in [0.25, 0.3) is 0 Å². The molecule has 0 fully saturated rings. The Kier molecular flexibility index (Phi) is 6.32. The van der Waals surface area contributed by atoms with Crippen LogP contribution in [0.5, 0.6) is 0 Å². The summed E-state index contributed by atoms with van der Waals surface area (Å²) in [5, 5.41) is 13.1. The van der Waals surface area contributed by atoms with Crippen LogP contribution in [0.15, 0.2) is 65.1 Å². The van der Waals surface area contributed by atoms with Crippen LogP contribution in [-0.2, 0) is 13.0 Å². The third-order valence-corrected chi connectivity index (χ3v) is 4.80. The highest BCUT2D eigenvalue weighted by Gasteiger charge is 2.13. The number of benzene rings is 2. The minimum Gasteiger partial charge on any atom is -0.478 e. The Bertz CT molecular complexity index is 905. The Morgan fingerprint density at radius 1 is 1.15 bits per heavy atom.